The Bertz CT molecular complexity index is 71.7. The van der Waals surface area contributed by atoms with E-state index in [0.717, 1.165) is 19.3 Å². The number of hydrogen-bond acceptors (Lipinski definition) is 4. The minimum absolute atomic E-state index is 0.0324. The van der Waals surface area contributed by atoms with E-state index in [2.05, 4.69) is 4.84 Å². The van der Waals surface area contributed by atoms with Crippen LogP contribution in [-0.2, 0) is 4.84 Å². The van der Waals surface area contributed by atoms with Crippen molar-refractivity contribution in [1.82, 2.24) is 5.39 Å². The molecule has 1 aliphatic rings. The van der Waals surface area contributed by atoms with Crippen molar-refractivity contribution in [3.05, 3.63) is 0 Å². The molecule has 4 heteroatoms. The molecule has 1 rings (SSSR count). The average molecular weight is 119 g/mol. The van der Waals surface area contributed by atoms with Crippen molar-refractivity contribution in [2.24, 2.45) is 0 Å². The lowest BCUT2D eigenvalue weighted by Gasteiger charge is -2.25. The van der Waals surface area contributed by atoms with Gasteiger partial charge in [0.05, 0.1) is 11.5 Å². The van der Waals surface area contributed by atoms with Crippen molar-refractivity contribution in [3.63, 3.8) is 0 Å². The van der Waals surface area contributed by atoms with E-state index in [1.54, 1.807) is 0 Å². The fourth-order valence-electron chi connectivity index (χ4n) is 0.610. The first-order valence-corrected chi connectivity index (χ1v) is 2.63. The van der Waals surface area contributed by atoms with Crippen LogP contribution in [0, 0.1) is 0 Å². The van der Waals surface area contributed by atoms with Gasteiger partial charge in [0.1, 0.15) is 0 Å². The molecular formula is C4H9NO3. The Morgan fingerprint density at radius 1 is 1.38 bits per heavy atom. The molecule has 0 heterocycles. The lowest BCUT2D eigenvalue weighted by Crippen LogP contribution is -2.29. The standard InChI is InChI=1S/C4H9NO3/c6-5(7)8-4-2-1-3-4/h4,6-7H,1-3H2. The van der Waals surface area contributed by atoms with Crippen LogP contribution in [-0.4, -0.2) is 21.9 Å². The topological polar surface area (TPSA) is 52.9 Å². The first-order chi connectivity index (χ1) is 3.79. The average Bonchev–Trinajstić information content (AvgIpc) is 1.55. The molecule has 2 N–H and O–H groups in total. The van der Waals surface area contributed by atoms with Crippen molar-refractivity contribution in [3.8, 4) is 0 Å². The Morgan fingerprint density at radius 3 is 2.12 bits per heavy atom. The van der Waals surface area contributed by atoms with Crippen molar-refractivity contribution in [1.29, 1.82) is 0 Å². The molecular weight excluding hydrogens is 110 g/mol. The first-order valence-electron chi connectivity index (χ1n) is 2.63. The van der Waals surface area contributed by atoms with E-state index in [0.29, 0.717) is 0 Å². The SMILES string of the molecule is ON(O)OC1CCC1. The molecule has 0 radical (unpaired) electrons. The molecule has 1 aliphatic carbocycles. The van der Waals surface area contributed by atoms with Gasteiger partial charge in [-0.05, 0) is 19.3 Å². The summed E-state index contributed by atoms with van der Waals surface area (Å²) < 4.78 is 0. The van der Waals surface area contributed by atoms with Gasteiger partial charge < -0.3 is 0 Å². The quantitative estimate of drug-likeness (QED) is 0.521. The van der Waals surface area contributed by atoms with Gasteiger partial charge in [-0.3, -0.25) is 10.4 Å². The van der Waals surface area contributed by atoms with Crippen LogP contribution in [0.25, 0.3) is 0 Å². The van der Waals surface area contributed by atoms with E-state index in [4.69, 9.17) is 10.4 Å². The summed E-state index contributed by atoms with van der Waals surface area (Å²) in [5, 5.41) is 15.9. The Labute approximate surface area is 47.2 Å². The minimum Gasteiger partial charge on any atom is -0.266 e. The molecule has 1 fully saturated rings. The monoisotopic (exact) mass is 119 g/mol. The zero-order valence-electron chi connectivity index (χ0n) is 4.45. The van der Waals surface area contributed by atoms with Crippen molar-refractivity contribution in [2.75, 3.05) is 0 Å². The highest BCUT2D eigenvalue weighted by Crippen LogP contribution is 2.21. The Kier molecular flexibility index (Phi) is 1.80. The third kappa shape index (κ3) is 1.41. The summed E-state index contributed by atoms with van der Waals surface area (Å²) in [7, 11) is 0. The Morgan fingerprint density at radius 2 is 2.00 bits per heavy atom. The van der Waals surface area contributed by atoms with Crippen molar-refractivity contribution in [2.45, 2.75) is 25.4 Å². The van der Waals surface area contributed by atoms with Crippen LogP contribution < -0.4 is 0 Å². The normalized spacial score (nSPS) is 21.4. The van der Waals surface area contributed by atoms with E-state index in [9.17, 15) is 0 Å². The summed E-state index contributed by atoms with van der Waals surface area (Å²) in [4.78, 5) is 4.43. The molecule has 0 bridgehead atoms. The molecule has 0 aliphatic heterocycles. The lowest BCUT2D eigenvalue weighted by atomic mass is 9.97. The Balaban J connectivity index is 2.01. The van der Waals surface area contributed by atoms with Gasteiger partial charge in [-0.25, -0.2) is 4.84 Å². The van der Waals surface area contributed by atoms with E-state index in [-0.39, 0.29) is 11.5 Å². The number of rotatable bonds is 2. The van der Waals surface area contributed by atoms with Crippen LogP contribution in [0.4, 0.5) is 0 Å². The molecule has 4 nitrogen and oxygen atoms in total. The van der Waals surface area contributed by atoms with Gasteiger partial charge in [-0.2, -0.15) is 0 Å². The number of hydrogen-bond donors (Lipinski definition) is 2. The molecule has 48 valence electrons. The van der Waals surface area contributed by atoms with Gasteiger partial charge in [-0.15, -0.1) is 0 Å². The predicted octanol–water partition coefficient (Wildman–Crippen LogP) is 0.551. The highest BCUT2D eigenvalue weighted by Gasteiger charge is 2.20. The first kappa shape index (κ1) is 5.97. The van der Waals surface area contributed by atoms with Gasteiger partial charge in [0.2, 0.25) is 0 Å². The van der Waals surface area contributed by atoms with E-state index >= 15 is 0 Å². The maximum absolute atomic E-state index is 8.05. The largest absolute Gasteiger partial charge is 0.266 e. The highest BCUT2D eigenvalue weighted by molar-refractivity contribution is 4.67. The second kappa shape index (κ2) is 2.41. The molecule has 1 saturated carbocycles. The molecule has 0 aromatic rings. The Hall–Kier alpha value is -0.160. The van der Waals surface area contributed by atoms with Crippen LogP contribution in [0.5, 0.6) is 0 Å². The van der Waals surface area contributed by atoms with Crippen molar-refractivity contribution < 1.29 is 15.3 Å². The van der Waals surface area contributed by atoms with Crippen LogP contribution >= 0.6 is 0 Å². The summed E-state index contributed by atoms with van der Waals surface area (Å²) in [5.74, 6) is 0. The van der Waals surface area contributed by atoms with Crippen LogP contribution in [0.2, 0.25) is 0 Å². The third-order valence-electron chi connectivity index (χ3n) is 1.30. The zero-order valence-corrected chi connectivity index (χ0v) is 4.45. The summed E-state index contributed by atoms with van der Waals surface area (Å²) in [6.07, 6.45) is 3.01. The molecule has 0 atom stereocenters. The second-order valence-electron chi connectivity index (χ2n) is 1.91. The summed E-state index contributed by atoms with van der Waals surface area (Å²) in [6.45, 7) is 0. The molecule has 8 heavy (non-hydrogen) atoms. The molecule has 0 aromatic carbocycles. The van der Waals surface area contributed by atoms with Gasteiger partial charge in [-0.1, -0.05) is 0 Å². The fourth-order valence-corrected chi connectivity index (χ4v) is 0.610. The second-order valence-corrected chi connectivity index (χ2v) is 1.91. The number of nitrogens with zero attached hydrogens (tertiary/aromatic N) is 1. The minimum atomic E-state index is -0.218. The van der Waals surface area contributed by atoms with Crippen LogP contribution in [0.1, 0.15) is 19.3 Å². The van der Waals surface area contributed by atoms with Crippen LogP contribution in [0.3, 0.4) is 0 Å². The van der Waals surface area contributed by atoms with Gasteiger partial charge in [0.25, 0.3) is 0 Å². The zero-order chi connectivity index (χ0) is 5.98. The molecule has 0 unspecified atom stereocenters. The highest BCUT2D eigenvalue weighted by atomic mass is 17.1. The van der Waals surface area contributed by atoms with E-state index < -0.39 is 0 Å². The lowest BCUT2D eigenvalue weighted by molar-refractivity contribution is -0.509. The van der Waals surface area contributed by atoms with Crippen molar-refractivity contribution >= 4 is 0 Å². The maximum atomic E-state index is 8.05. The summed E-state index contributed by atoms with van der Waals surface area (Å²) in [6, 6.07) is 0. The van der Waals surface area contributed by atoms with Gasteiger partial charge in [0, 0.05) is 0 Å². The predicted molar refractivity (Wildman–Crippen MR) is 24.1 cm³/mol. The smallest absolute Gasteiger partial charge is 0.0844 e. The van der Waals surface area contributed by atoms with Gasteiger partial charge in [0.15, 0.2) is 0 Å². The van der Waals surface area contributed by atoms with Gasteiger partial charge >= 0.3 is 0 Å². The molecule has 0 aromatic heterocycles. The maximum Gasteiger partial charge on any atom is 0.0844 e. The fraction of sp³-hybridized carbons (Fsp3) is 1.00. The van der Waals surface area contributed by atoms with E-state index in [1.807, 2.05) is 0 Å². The molecule has 0 saturated heterocycles. The summed E-state index contributed by atoms with van der Waals surface area (Å²) >= 11 is 0. The molecule has 0 amide bonds. The van der Waals surface area contributed by atoms with Crippen LogP contribution in [0.15, 0.2) is 0 Å². The van der Waals surface area contributed by atoms with E-state index in [1.165, 1.54) is 0 Å². The summed E-state index contributed by atoms with van der Waals surface area (Å²) in [5.41, 5.74) is 0. The molecule has 0 spiro atoms. The third-order valence-corrected chi connectivity index (χ3v) is 1.30.